The lowest BCUT2D eigenvalue weighted by Crippen LogP contribution is -2.31. The van der Waals surface area contributed by atoms with Crippen LogP contribution in [-0.2, 0) is 10.0 Å². The van der Waals surface area contributed by atoms with E-state index in [4.69, 9.17) is 5.73 Å². The van der Waals surface area contributed by atoms with Gasteiger partial charge in [-0.15, -0.1) is 0 Å². The smallest absolute Gasteiger partial charge is 0.245 e. The highest BCUT2D eigenvalue weighted by molar-refractivity contribution is 9.10. The number of benzene rings is 1. The van der Waals surface area contributed by atoms with Gasteiger partial charge in [-0.1, -0.05) is 29.8 Å². The Balaban J connectivity index is 3.31. The van der Waals surface area contributed by atoms with E-state index in [2.05, 4.69) is 15.9 Å². The van der Waals surface area contributed by atoms with Crippen molar-refractivity contribution in [1.82, 2.24) is 4.31 Å². The topological polar surface area (TPSA) is 63.4 Å². The van der Waals surface area contributed by atoms with Crippen LogP contribution in [0.3, 0.4) is 0 Å². The van der Waals surface area contributed by atoms with Gasteiger partial charge in [0.1, 0.15) is 4.90 Å². The molecular weight excluding hydrogens is 292 g/mol. The highest BCUT2D eigenvalue weighted by Crippen LogP contribution is 2.25. The summed E-state index contributed by atoms with van der Waals surface area (Å²) < 4.78 is 26.5. The quantitative estimate of drug-likeness (QED) is 0.866. The third kappa shape index (κ3) is 2.56. The minimum absolute atomic E-state index is 0.158. The summed E-state index contributed by atoms with van der Waals surface area (Å²) in [5.74, 6) is 0. The maximum atomic E-state index is 12.2. The van der Waals surface area contributed by atoms with Gasteiger partial charge in [-0.3, -0.25) is 0 Å². The van der Waals surface area contributed by atoms with Gasteiger partial charge in [0.2, 0.25) is 10.0 Å². The first kappa shape index (κ1) is 13.5. The third-order valence-corrected chi connectivity index (χ3v) is 4.90. The lowest BCUT2D eigenvalue weighted by molar-refractivity contribution is 0.445. The average molecular weight is 307 g/mol. The van der Waals surface area contributed by atoms with Crippen molar-refractivity contribution in [3.05, 3.63) is 22.7 Å². The summed E-state index contributed by atoms with van der Waals surface area (Å²) in [5.41, 5.74) is 5.97. The first-order valence-electron chi connectivity index (χ1n) is 4.98. The molecule has 0 fully saturated rings. The Morgan fingerprint density at radius 2 is 1.88 bits per heavy atom. The maximum Gasteiger partial charge on any atom is 0.245 e. The zero-order valence-corrected chi connectivity index (χ0v) is 11.7. The summed E-state index contributed by atoms with van der Waals surface area (Å²) in [6.45, 7) is 4.47. The molecule has 0 aliphatic heterocycles. The van der Waals surface area contributed by atoms with Crippen LogP contribution >= 0.6 is 15.9 Å². The van der Waals surface area contributed by atoms with E-state index in [9.17, 15) is 8.42 Å². The van der Waals surface area contributed by atoms with Crippen LogP contribution in [-0.4, -0.2) is 25.8 Å². The summed E-state index contributed by atoms with van der Waals surface area (Å²) >= 11 is 3.24. The Morgan fingerprint density at radius 1 is 1.31 bits per heavy atom. The van der Waals surface area contributed by atoms with Gasteiger partial charge in [0, 0.05) is 17.6 Å². The van der Waals surface area contributed by atoms with Crippen molar-refractivity contribution in [3.63, 3.8) is 0 Å². The highest BCUT2D eigenvalue weighted by atomic mass is 79.9. The van der Waals surface area contributed by atoms with Gasteiger partial charge in [0.15, 0.2) is 0 Å². The van der Waals surface area contributed by atoms with E-state index >= 15 is 0 Å². The van der Waals surface area contributed by atoms with E-state index in [-0.39, 0.29) is 10.6 Å². The van der Waals surface area contributed by atoms with Gasteiger partial charge in [-0.25, -0.2) is 8.42 Å². The number of rotatable bonds is 4. The number of hydrogen-bond donors (Lipinski definition) is 1. The molecule has 0 saturated heterocycles. The number of halogens is 1. The van der Waals surface area contributed by atoms with E-state index in [1.807, 2.05) is 0 Å². The molecule has 16 heavy (non-hydrogen) atoms. The number of sulfonamides is 1. The molecule has 0 radical (unpaired) electrons. The second-order valence-electron chi connectivity index (χ2n) is 3.27. The Morgan fingerprint density at radius 3 is 2.38 bits per heavy atom. The molecule has 90 valence electrons. The largest absolute Gasteiger partial charge is 0.398 e. The number of nitrogens with two attached hydrogens (primary N) is 1. The predicted octanol–water partition coefficient (Wildman–Crippen LogP) is 2.06. The molecule has 0 amide bonds. The van der Waals surface area contributed by atoms with E-state index in [0.717, 1.165) is 0 Å². The summed E-state index contributed by atoms with van der Waals surface area (Å²) in [6, 6.07) is 4.83. The van der Waals surface area contributed by atoms with Gasteiger partial charge in [-0.05, 0) is 18.2 Å². The highest BCUT2D eigenvalue weighted by Gasteiger charge is 2.23. The summed E-state index contributed by atoms with van der Waals surface area (Å²) in [6.07, 6.45) is 0. The Kier molecular flexibility index (Phi) is 4.35. The van der Waals surface area contributed by atoms with Gasteiger partial charge in [0.05, 0.1) is 5.69 Å². The van der Waals surface area contributed by atoms with Crippen molar-refractivity contribution < 1.29 is 8.42 Å². The summed E-state index contributed by atoms with van der Waals surface area (Å²) in [7, 11) is -3.48. The van der Waals surface area contributed by atoms with Crippen molar-refractivity contribution >= 4 is 31.6 Å². The Hall–Kier alpha value is -0.590. The van der Waals surface area contributed by atoms with Crippen LogP contribution in [0.5, 0.6) is 0 Å². The first-order chi connectivity index (χ1) is 7.43. The minimum Gasteiger partial charge on any atom is -0.398 e. The zero-order valence-electron chi connectivity index (χ0n) is 9.27. The van der Waals surface area contributed by atoms with Gasteiger partial charge in [-0.2, -0.15) is 4.31 Å². The number of nitrogen functional groups attached to an aromatic ring is 1. The molecule has 2 N–H and O–H groups in total. The summed E-state index contributed by atoms with van der Waals surface area (Å²) in [4.78, 5) is 0.158. The van der Waals surface area contributed by atoms with Crippen LogP contribution < -0.4 is 5.73 Å². The molecule has 0 atom stereocenters. The number of hydrogen-bond acceptors (Lipinski definition) is 3. The average Bonchev–Trinajstić information content (AvgIpc) is 2.23. The van der Waals surface area contributed by atoms with E-state index in [0.29, 0.717) is 17.6 Å². The van der Waals surface area contributed by atoms with Crippen LogP contribution in [0.2, 0.25) is 0 Å². The number of nitrogens with zero attached hydrogens (tertiary/aromatic N) is 1. The standard InChI is InChI=1S/C10H15BrN2O2S/c1-3-13(4-2)16(14,15)10-7-8(11)5-6-9(10)12/h5-7H,3-4,12H2,1-2H3. The summed E-state index contributed by atoms with van der Waals surface area (Å²) in [5, 5.41) is 0. The van der Waals surface area contributed by atoms with Gasteiger partial charge < -0.3 is 5.73 Å². The Bertz CT molecular complexity index is 470. The van der Waals surface area contributed by atoms with Crippen molar-refractivity contribution in [2.45, 2.75) is 18.7 Å². The lowest BCUT2D eigenvalue weighted by atomic mass is 10.3. The van der Waals surface area contributed by atoms with Crippen LogP contribution in [0, 0.1) is 0 Å². The first-order valence-corrected chi connectivity index (χ1v) is 7.22. The molecule has 1 aromatic carbocycles. The Labute approximate surface area is 105 Å². The SMILES string of the molecule is CCN(CC)S(=O)(=O)c1cc(Br)ccc1N. The fourth-order valence-corrected chi connectivity index (χ4v) is 3.55. The maximum absolute atomic E-state index is 12.2. The molecule has 0 heterocycles. The molecule has 0 spiro atoms. The van der Waals surface area contributed by atoms with Crippen LogP contribution in [0.1, 0.15) is 13.8 Å². The molecule has 0 saturated carbocycles. The van der Waals surface area contributed by atoms with E-state index in [1.54, 1.807) is 26.0 Å². The molecule has 0 aliphatic rings. The molecule has 0 bridgehead atoms. The van der Waals surface area contributed by atoms with Crippen LogP contribution in [0.4, 0.5) is 5.69 Å². The van der Waals surface area contributed by atoms with E-state index < -0.39 is 10.0 Å². The van der Waals surface area contributed by atoms with Crippen molar-refractivity contribution in [2.24, 2.45) is 0 Å². The molecule has 1 aromatic rings. The van der Waals surface area contributed by atoms with Crippen LogP contribution in [0.25, 0.3) is 0 Å². The molecule has 6 heteroatoms. The predicted molar refractivity (Wildman–Crippen MR) is 68.7 cm³/mol. The zero-order chi connectivity index (χ0) is 12.3. The van der Waals surface area contributed by atoms with E-state index in [1.165, 1.54) is 10.4 Å². The van der Waals surface area contributed by atoms with Gasteiger partial charge in [0.25, 0.3) is 0 Å². The normalized spacial score (nSPS) is 12.0. The monoisotopic (exact) mass is 306 g/mol. The molecule has 1 rings (SSSR count). The fraction of sp³-hybridized carbons (Fsp3) is 0.400. The molecular formula is C10H15BrN2O2S. The van der Waals surface area contributed by atoms with Gasteiger partial charge >= 0.3 is 0 Å². The molecule has 0 aliphatic carbocycles. The molecule has 0 unspecified atom stereocenters. The van der Waals surface area contributed by atoms with Crippen molar-refractivity contribution in [1.29, 1.82) is 0 Å². The van der Waals surface area contributed by atoms with Crippen molar-refractivity contribution in [2.75, 3.05) is 18.8 Å². The molecule has 0 aromatic heterocycles. The number of anilines is 1. The van der Waals surface area contributed by atoms with Crippen molar-refractivity contribution in [3.8, 4) is 0 Å². The fourth-order valence-electron chi connectivity index (χ4n) is 1.43. The third-order valence-electron chi connectivity index (χ3n) is 2.30. The molecule has 4 nitrogen and oxygen atoms in total. The van der Waals surface area contributed by atoms with Crippen LogP contribution in [0.15, 0.2) is 27.6 Å². The second-order valence-corrected chi connectivity index (χ2v) is 6.09. The lowest BCUT2D eigenvalue weighted by Gasteiger charge is -2.19. The second kappa shape index (κ2) is 5.16. The minimum atomic E-state index is -3.48.